The minimum absolute atomic E-state index is 0.0156. The van der Waals surface area contributed by atoms with Crippen LogP contribution >= 0.6 is 15.9 Å². The number of oxazole rings is 1. The van der Waals surface area contributed by atoms with Gasteiger partial charge in [0.25, 0.3) is 5.91 Å². The molecular formula is C35H42BrN5O9. The summed E-state index contributed by atoms with van der Waals surface area (Å²) in [5, 5.41) is 15.7. The lowest BCUT2D eigenvalue weighted by atomic mass is 9.93. The molecule has 2 aromatic rings. The van der Waals surface area contributed by atoms with E-state index >= 15 is 0 Å². The summed E-state index contributed by atoms with van der Waals surface area (Å²) >= 11 is 3.24. The van der Waals surface area contributed by atoms with Crippen LogP contribution in [0, 0.1) is 11.8 Å². The average molecular weight is 757 g/mol. The lowest BCUT2D eigenvalue weighted by molar-refractivity contribution is -0.155. The number of ether oxygens (including phenoxy) is 2. The molecular weight excluding hydrogens is 714 g/mol. The highest BCUT2D eigenvalue weighted by Crippen LogP contribution is 2.26. The molecule has 0 saturated carbocycles. The number of aliphatic hydroxyl groups is 1. The van der Waals surface area contributed by atoms with Crippen LogP contribution in [0.3, 0.4) is 0 Å². The number of esters is 1. The zero-order valence-electron chi connectivity index (χ0n) is 28.2. The van der Waals surface area contributed by atoms with E-state index in [2.05, 4.69) is 36.5 Å². The molecule has 14 nitrogen and oxygen atoms in total. The van der Waals surface area contributed by atoms with Gasteiger partial charge in [-0.2, -0.15) is 0 Å². The second-order valence-electron chi connectivity index (χ2n) is 12.4. The summed E-state index contributed by atoms with van der Waals surface area (Å²) in [7, 11) is 0. The Hall–Kier alpha value is -4.63. The number of hydrogen-bond donors (Lipinski definition) is 3. The van der Waals surface area contributed by atoms with Crippen molar-refractivity contribution >= 4 is 51.3 Å². The number of nitrogens with zero attached hydrogens (tertiary/aromatic N) is 3. The van der Waals surface area contributed by atoms with Crippen molar-refractivity contribution in [3.63, 3.8) is 0 Å². The predicted molar refractivity (Wildman–Crippen MR) is 185 cm³/mol. The van der Waals surface area contributed by atoms with Crippen LogP contribution in [0.5, 0.6) is 0 Å². The number of carbonyl (C=O) groups is 5. The van der Waals surface area contributed by atoms with Crippen molar-refractivity contribution in [2.75, 3.05) is 25.0 Å². The third-order valence-corrected chi connectivity index (χ3v) is 8.64. The first-order valence-corrected chi connectivity index (χ1v) is 17.2. The number of hydrogen-bond acceptors (Lipinski definition) is 11. The molecule has 0 spiro atoms. The summed E-state index contributed by atoms with van der Waals surface area (Å²) in [6, 6.07) is 2.86. The van der Waals surface area contributed by atoms with Gasteiger partial charge in [-0.25, -0.2) is 14.8 Å². The summed E-state index contributed by atoms with van der Waals surface area (Å²) in [6.07, 6.45) is 8.76. The lowest BCUT2D eigenvalue weighted by Crippen LogP contribution is -2.39. The van der Waals surface area contributed by atoms with Crippen LogP contribution in [0.2, 0.25) is 0 Å². The van der Waals surface area contributed by atoms with E-state index in [0.717, 1.165) is 0 Å². The van der Waals surface area contributed by atoms with Crippen molar-refractivity contribution in [2.45, 2.75) is 71.1 Å². The van der Waals surface area contributed by atoms with Gasteiger partial charge in [0.05, 0.1) is 37.4 Å². The number of aromatic nitrogens is 2. The quantitative estimate of drug-likeness (QED) is 0.298. The SMILES string of the molecule is CC1=C\[C@@H](O)CC(=O)Cc2nc(co2)C(=O)N2CCC[C@@H]2CC(=O)O[C@H]([C@H](C)COC(=O)Nc2ccc(Br)nc2)[C@H](C)/C=C/C(=O)NC\C=C\1. The van der Waals surface area contributed by atoms with E-state index in [4.69, 9.17) is 13.9 Å². The maximum absolute atomic E-state index is 13.4. The maximum Gasteiger partial charge on any atom is 0.411 e. The predicted octanol–water partition coefficient (Wildman–Crippen LogP) is 4.31. The van der Waals surface area contributed by atoms with Gasteiger partial charge in [-0.1, -0.05) is 43.7 Å². The number of cyclic esters (lactones) is 1. The molecule has 3 N–H and O–H groups in total. The Kier molecular flexibility index (Phi) is 14.0. The number of halogens is 1. The highest BCUT2D eigenvalue weighted by molar-refractivity contribution is 9.10. The standard InChI is InChI=1S/C35H42BrN5O9/c1-21-6-4-12-37-30(44)11-8-22(2)33(23(3)19-49-35(47)39-24-9-10-29(36)38-18-24)50-32(45)15-25-7-5-13-41(25)34(46)28-20-48-31(40-28)17-27(43)16-26(42)14-21/h4,6,8-11,14,18,20,22-23,25-26,33,42H,5,7,12-13,15-17,19H2,1-3H3,(H,37,44)(H,39,47)/b6-4+,11-8+,21-14+/t22-,23-,25-,26-,33+/m1/s1. The minimum atomic E-state index is -1.04. The third kappa shape index (κ3) is 11.8. The highest BCUT2D eigenvalue weighted by atomic mass is 79.9. The number of Topliss-reactive ketones (excluding diaryl/α,β-unsaturated/α-hetero) is 1. The fourth-order valence-electron chi connectivity index (χ4n) is 5.70. The van der Waals surface area contributed by atoms with Gasteiger partial charge in [0, 0.05) is 37.4 Å². The Labute approximate surface area is 298 Å². The molecule has 2 aromatic heterocycles. The van der Waals surface area contributed by atoms with Crippen LogP contribution in [0.1, 0.15) is 62.8 Å². The third-order valence-electron chi connectivity index (χ3n) is 8.18. The van der Waals surface area contributed by atoms with E-state index < -0.39 is 48.1 Å². The normalized spacial score (nSPS) is 25.9. The fraction of sp³-hybridized carbons (Fsp3) is 0.457. The molecule has 2 bridgehead atoms. The van der Waals surface area contributed by atoms with Gasteiger partial charge < -0.3 is 29.2 Å². The monoisotopic (exact) mass is 755 g/mol. The molecule has 1 saturated heterocycles. The van der Waals surface area contributed by atoms with Gasteiger partial charge in [-0.3, -0.25) is 24.5 Å². The highest BCUT2D eigenvalue weighted by Gasteiger charge is 2.35. The first-order chi connectivity index (χ1) is 23.9. The fourth-order valence-corrected chi connectivity index (χ4v) is 5.93. The maximum atomic E-state index is 13.4. The van der Waals surface area contributed by atoms with Gasteiger partial charge >= 0.3 is 12.1 Å². The second kappa shape index (κ2) is 18.4. The summed E-state index contributed by atoms with van der Waals surface area (Å²) in [6.45, 7) is 5.80. The van der Waals surface area contributed by atoms with Crippen molar-refractivity contribution in [3.8, 4) is 0 Å². The Morgan fingerprint density at radius 1 is 1.22 bits per heavy atom. The summed E-state index contributed by atoms with van der Waals surface area (Å²) in [5.41, 5.74) is 1.14. The Morgan fingerprint density at radius 3 is 2.78 bits per heavy atom. The zero-order chi connectivity index (χ0) is 36.2. The lowest BCUT2D eigenvalue weighted by Gasteiger charge is -2.29. The zero-order valence-corrected chi connectivity index (χ0v) is 29.8. The van der Waals surface area contributed by atoms with Crippen molar-refractivity contribution in [1.82, 2.24) is 20.2 Å². The largest absolute Gasteiger partial charge is 0.461 e. The second-order valence-corrected chi connectivity index (χ2v) is 13.2. The smallest absolute Gasteiger partial charge is 0.411 e. The van der Waals surface area contributed by atoms with E-state index in [1.165, 1.54) is 24.6 Å². The number of nitrogens with one attached hydrogen (secondary N) is 2. The van der Waals surface area contributed by atoms with Crippen LogP contribution in [-0.4, -0.2) is 87.6 Å². The number of anilines is 1. The van der Waals surface area contributed by atoms with Crippen molar-refractivity contribution in [3.05, 3.63) is 76.7 Å². The molecule has 3 amide bonds. The first kappa shape index (κ1) is 38.2. The molecule has 268 valence electrons. The van der Waals surface area contributed by atoms with Gasteiger partial charge in [-0.15, -0.1) is 0 Å². The molecule has 0 aliphatic carbocycles. The molecule has 5 atom stereocenters. The van der Waals surface area contributed by atoms with Crippen LogP contribution < -0.4 is 10.6 Å². The molecule has 4 heterocycles. The van der Waals surface area contributed by atoms with E-state index in [1.807, 2.05) is 0 Å². The molecule has 0 unspecified atom stereocenters. The van der Waals surface area contributed by atoms with Crippen LogP contribution in [-0.2, 0) is 30.3 Å². The molecule has 0 radical (unpaired) electrons. The summed E-state index contributed by atoms with van der Waals surface area (Å²) in [4.78, 5) is 74.3. The molecule has 4 rings (SSSR count). The van der Waals surface area contributed by atoms with Crippen molar-refractivity contribution in [1.29, 1.82) is 0 Å². The number of amides is 3. The van der Waals surface area contributed by atoms with E-state index in [9.17, 15) is 29.1 Å². The number of rotatable bonds is 4. The molecule has 2 aliphatic heterocycles. The number of allylic oxidation sites excluding steroid dienone is 2. The number of aliphatic hydroxyl groups excluding tert-OH is 1. The number of fused-ring (bicyclic) bond motifs is 3. The van der Waals surface area contributed by atoms with E-state index in [-0.39, 0.29) is 55.7 Å². The number of pyridine rings is 1. The van der Waals surface area contributed by atoms with Crippen molar-refractivity contribution < 1.29 is 43.0 Å². The Balaban J connectivity index is 1.51. The van der Waals surface area contributed by atoms with Gasteiger partial charge in [-0.05, 0) is 53.9 Å². The van der Waals surface area contributed by atoms with Crippen molar-refractivity contribution in [2.24, 2.45) is 11.8 Å². The topological polar surface area (TPSA) is 190 Å². The van der Waals surface area contributed by atoms with E-state index in [0.29, 0.717) is 35.3 Å². The first-order valence-electron chi connectivity index (χ1n) is 16.4. The van der Waals surface area contributed by atoms with Crippen LogP contribution in [0.15, 0.2) is 69.6 Å². The molecule has 0 aromatic carbocycles. The van der Waals surface area contributed by atoms with Gasteiger partial charge in [0.1, 0.15) is 22.8 Å². The number of ketones is 1. The number of carbonyl (C=O) groups excluding carboxylic acids is 5. The molecule has 15 heteroatoms. The molecule has 2 aliphatic rings. The average Bonchev–Trinajstić information content (AvgIpc) is 3.73. The van der Waals surface area contributed by atoms with Gasteiger partial charge in [0.15, 0.2) is 5.69 Å². The van der Waals surface area contributed by atoms with Crippen LogP contribution in [0.25, 0.3) is 0 Å². The molecule has 1 fully saturated rings. The van der Waals surface area contributed by atoms with Gasteiger partial charge in [0.2, 0.25) is 11.8 Å². The van der Waals surface area contributed by atoms with E-state index in [1.54, 1.807) is 56.0 Å². The molecule has 50 heavy (non-hydrogen) atoms. The Bertz CT molecular complexity index is 1620. The van der Waals surface area contributed by atoms with Crippen LogP contribution in [0.4, 0.5) is 10.5 Å². The minimum Gasteiger partial charge on any atom is -0.461 e. The summed E-state index contributed by atoms with van der Waals surface area (Å²) < 4.78 is 17.4. The Morgan fingerprint density at radius 2 is 2.02 bits per heavy atom. The summed E-state index contributed by atoms with van der Waals surface area (Å²) in [5.74, 6) is -2.60.